The van der Waals surface area contributed by atoms with Crippen molar-refractivity contribution in [3.05, 3.63) is 77.1 Å². The number of rotatable bonds is 8. The molecule has 8 heteroatoms. The number of aromatic nitrogens is 2. The van der Waals surface area contributed by atoms with E-state index in [1.54, 1.807) is 23.1 Å². The molecule has 30 heavy (non-hydrogen) atoms. The first-order valence-corrected chi connectivity index (χ1v) is 10.3. The lowest BCUT2D eigenvalue weighted by atomic mass is 10.2. The smallest absolute Gasteiger partial charge is 0.344 e. The van der Waals surface area contributed by atoms with Crippen molar-refractivity contribution in [3.8, 4) is 0 Å². The van der Waals surface area contributed by atoms with Gasteiger partial charge in [-0.1, -0.05) is 48.5 Å². The number of carbonyl (C=O) groups excluding carboxylic acids is 1. The van der Waals surface area contributed by atoms with E-state index in [1.165, 1.54) is 24.9 Å². The van der Waals surface area contributed by atoms with Crippen molar-refractivity contribution in [3.63, 3.8) is 0 Å². The molecule has 0 aliphatic carbocycles. The number of carbonyl (C=O) groups is 1. The van der Waals surface area contributed by atoms with Crippen LogP contribution in [0.2, 0.25) is 0 Å². The highest BCUT2D eigenvalue weighted by molar-refractivity contribution is 7.98. The Morgan fingerprint density at radius 1 is 1.10 bits per heavy atom. The maximum atomic E-state index is 14.0. The van der Waals surface area contributed by atoms with E-state index >= 15 is 0 Å². The maximum absolute atomic E-state index is 14.0. The second-order valence-electron chi connectivity index (χ2n) is 6.66. The molecule has 156 valence electrons. The summed E-state index contributed by atoms with van der Waals surface area (Å²) in [4.78, 5) is 23.4. The van der Waals surface area contributed by atoms with Crippen LogP contribution in [0.4, 0.5) is 16.2 Å². The maximum Gasteiger partial charge on any atom is 0.344 e. The van der Waals surface area contributed by atoms with Crippen LogP contribution in [0, 0.1) is 5.82 Å². The van der Waals surface area contributed by atoms with E-state index in [2.05, 4.69) is 15.3 Å². The lowest BCUT2D eigenvalue weighted by Crippen LogP contribution is -2.19. The average molecular weight is 427 g/mol. The molecule has 3 aromatic rings. The van der Waals surface area contributed by atoms with Crippen molar-refractivity contribution < 1.29 is 13.9 Å². The Kier molecular flexibility index (Phi) is 7.24. The molecule has 0 aliphatic rings. The van der Waals surface area contributed by atoms with Crippen molar-refractivity contribution in [2.75, 3.05) is 31.4 Å². The minimum Gasteiger partial charge on any atom is -0.465 e. The molecule has 0 fully saturated rings. The Bertz CT molecular complexity index is 1020. The second-order valence-corrected chi connectivity index (χ2v) is 7.62. The molecule has 1 N–H and O–H groups in total. The van der Waals surface area contributed by atoms with Gasteiger partial charge < -0.3 is 15.0 Å². The van der Waals surface area contributed by atoms with Crippen molar-refractivity contribution in [1.82, 2.24) is 9.97 Å². The number of halogens is 1. The zero-order valence-corrected chi connectivity index (χ0v) is 17.9. The van der Waals surface area contributed by atoms with Gasteiger partial charge in [0, 0.05) is 32.0 Å². The summed E-state index contributed by atoms with van der Waals surface area (Å²) >= 11 is 1.42. The molecule has 1 heterocycles. The third-order valence-electron chi connectivity index (χ3n) is 4.28. The fourth-order valence-electron chi connectivity index (χ4n) is 2.69. The molecule has 0 bridgehead atoms. The van der Waals surface area contributed by atoms with E-state index in [1.807, 2.05) is 44.4 Å². The first-order valence-electron chi connectivity index (χ1n) is 9.31. The third kappa shape index (κ3) is 5.27. The molecule has 0 saturated carbocycles. The van der Waals surface area contributed by atoms with Crippen LogP contribution in [0.5, 0.6) is 0 Å². The van der Waals surface area contributed by atoms with Gasteiger partial charge in [0.1, 0.15) is 22.2 Å². The van der Waals surface area contributed by atoms with E-state index in [0.29, 0.717) is 28.1 Å². The summed E-state index contributed by atoms with van der Waals surface area (Å²) in [5.74, 6) is 0.493. The van der Waals surface area contributed by atoms with Crippen LogP contribution in [0.3, 0.4) is 0 Å². The van der Waals surface area contributed by atoms with Crippen LogP contribution >= 0.6 is 11.8 Å². The predicted octanol–water partition coefficient (Wildman–Crippen LogP) is 4.37. The summed E-state index contributed by atoms with van der Waals surface area (Å²) in [6.07, 6.45) is 0. The van der Waals surface area contributed by atoms with Gasteiger partial charge >= 0.3 is 5.97 Å². The molecule has 0 amide bonds. The third-order valence-corrected chi connectivity index (χ3v) is 5.32. The summed E-state index contributed by atoms with van der Waals surface area (Å²) < 4.78 is 19.0. The monoisotopic (exact) mass is 426 g/mol. The van der Waals surface area contributed by atoms with Crippen LogP contribution < -0.4 is 10.2 Å². The van der Waals surface area contributed by atoms with Crippen LogP contribution in [-0.2, 0) is 17.0 Å². The number of ether oxygens (including phenoxy) is 1. The Morgan fingerprint density at radius 2 is 1.80 bits per heavy atom. The highest BCUT2D eigenvalue weighted by atomic mass is 32.2. The summed E-state index contributed by atoms with van der Waals surface area (Å²) in [5, 5.41) is 3.59. The highest BCUT2D eigenvalue weighted by Crippen LogP contribution is 2.31. The molecular weight excluding hydrogens is 403 g/mol. The average Bonchev–Trinajstić information content (AvgIpc) is 2.76. The predicted molar refractivity (Wildman–Crippen MR) is 117 cm³/mol. The van der Waals surface area contributed by atoms with Crippen molar-refractivity contribution in [1.29, 1.82) is 0 Å². The van der Waals surface area contributed by atoms with Gasteiger partial charge in [0.05, 0.1) is 7.11 Å². The first kappa shape index (κ1) is 21.6. The lowest BCUT2D eigenvalue weighted by molar-refractivity contribution is 0.0596. The molecular formula is C22H23FN4O2S. The number of thioether (sulfide) groups is 1. The number of hydrogen-bond donors (Lipinski definition) is 1. The molecule has 1 aromatic heterocycles. The zero-order chi connectivity index (χ0) is 21.5. The van der Waals surface area contributed by atoms with Gasteiger partial charge in [-0.25, -0.2) is 14.2 Å². The van der Waals surface area contributed by atoms with E-state index in [4.69, 9.17) is 4.74 Å². The number of hydrogen-bond acceptors (Lipinski definition) is 7. The summed E-state index contributed by atoms with van der Waals surface area (Å²) in [7, 11) is 4.95. The standard InChI is InChI=1S/C22H23FN4O2S/c1-27(2)22-25-19(24-13-16-11-7-8-12-17(16)23)18(21(28)29-3)20(26-22)30-14-15-9-5-4-6-10-15/h4-12H,13-14H2,1-3H3,(H,24,25,26). The number of methoxy groups -OCH3 is 1. The molecule has 0 atom stereocenters. The summed E-state index contributed by atoms with van der Waals surface area (Å²) in [6, 6.07) is 16.4. The highest BCUT2D eigenvalue weighted by Gasteiger charge is 2.23. The van der Waals surface area contributed by atoms with Gasteiger partial charge in [0.2, 0.25) is 5.95 Å². The first-order chi connectivity index (χ1) is 14.5. The van der Waals surface area contributed by atoms with Crippen LogP contribution in [-0.4, -0.2) is 37.1 Å². The lowest BCUT2D eigenvalue weighted by Gasteiger charge is -2.18. The molecule has 0 aliphatic heterocycles. The number of esters is 1. The van der Waals surface area contributed by atoms with E-state index in [9.17, 15) is 9.18 Å². The molecule has 0 radical (unpaired) electrons. The Labute approximate surface area is 179 Å². The molecule has 2 aromatic carbocycles. The fourth-order valence-corrected chi connectivity index (χ4v) is 3.66. The Balaban J connectivity index is 1.97. The van der Waals surface area contributed by atoms with Gasteiger partial charge in [0.25, 0.3) is 0 Å². The van der Waals surface area contributed by atoms with Crippen molar-refractivity contribution >= 4 is 29.5 Å². The van der Waals surface area contributed by atoms with Crippen molar-refractivity contribution in [2.24, 2.45) is 0 Å². The Morgan fingerprint density at radius 3 is 2.47 bits per heavy atom. The van der Waals surface area contributed by atoms with Gasteiger partial charge in [-0.15, -0.1) is 11.8 Å². The zero-order valence-electron chi connectivity index (χ0n) is 17.1. The number of nitrogens with one attached hydrogen (secondary N) is 1. The van der Waals surface area contributed by atoms with E-state index < -0.39 is 5.97 Å². The SMILES string of the molecule is COC(=O)c1c(NCc2ccccc2F)nc(N(C)C)nc1SCc1ccccc1. The van der Waals surface area contributed by atoms with E-state index in [-0.39, 0.29) is 17.9 Å². The van der Waals surface area contributed by atoms with Crippen molar-refractivity contribution in [2.45, 2.75) is 17.3 Å². The van der Waals surface area contributed by atoms with Gasteiger partial charge in [-0.05, 0) is 11.6 Å². The summed E-state index contributed by atoms with van der Waals surface area (Å²) in [6.45, 7) is 0.170. The normalized spacial score (nSPS) is 10.5. The molecule has 0 unspecified atom stereocenters. The van der Waals surface area contributed by atoms with Gasteiger partial charge in [0.15, 0.2) is 0 Å². The summed E-state index contributed by atoms with van der Waals surface area (Å²) in [5.41, 5.74) is 1.81. The van der Waals surface area contributed by atoms with E-state index in [0.717, 1.165) is 5.56 Å². The van der Waals surface area contributed by atoms with Crippen LogP contribution in [0.25, 0.3) is 0 Å². The molecule has 0 saturated heterocycles. The molecule has 3 rings (SSSR count). The quantitative estimate of drug-likeness (QED) is 0.326. The van der Waals surface area contributed by atoms with Crippen LogP contribution in [0.1, 0.15) is 21.5 Å². The van der Waals surface area contributed by atoms with Crippen LogP contribution in [0.15, 0.2) is 59.6 Å². The minimum absolute atomic E-state index is 0.170. The number of benzene rings is 2. The van der Waals surface area contributed by atoms with Gasteiger partial charge in [-0.3, -0.25) is 0 Å². The molecule has 0 spiro atoms. The fraction of sp³-hybridized carbons (Fsp3) is 0.227. The second kappa shape index (κ2) is 10.1. The minimum atomic E-state index is -0.549. The number of nitrogens with zero attached hydrogens (tertiary/aromatic N) is 3. The molecule has 6 nitrogen and oxygen atoms in total. The largest absolute Gasteiger partial charge is 0.465 e. The number of anilines is 2. The van der Waals surface area contributed by atoms with Gasteiger partial charge in [-0.2, -0.15) is 4.98 Å². The topological polar surface area (TPSA) is 67.3 Å². The Hall–Kier alpha value is -3.13.